The van der Waals surface area contributed by atoms with Crippen LogP contribution in [-0.4, -0.2) is 34.0 Å². The lowest BCUT2D eigenvalue weighted by molar-refractivity contribution is -0.159. The van der Waals surface area contributed by atoms with Crippen molar-refractivity contribution in [2.24, 2.45) is 0 Å². The molecule has 0 N–H and O–H groups in total. The molecule has 24 heavy (non-hydrogen) atoms. The Labute approximate surface area is 135 Å². The number of amides is 1. The number of carbonyl (C=O) groups excluding carboxylic acids is 1. The van der Waals surface area contributed by atoms with Crippen LogP contribution in [0.15, 0.2) is 40.9 Å². The fourth-order valence-corrected chi connectivity index (χ4v) is 2.52. The van der Waals surface area contributed by atoms with Gasteiger partial charge in [-0.25, -0.2) is 0 Å². The smallest absolute Gasteiger partial charge is 0.338 e. The Balaban J connectivity index is 1.62. The molecule has 0 radical (unpaired) electrons. The van der Waals surface area contributed by atoms with Gasteiger partial charge in [0.1, 0.15) is 0 Å². The largest absolute Gasteiger partial charge is 0.471 e. The van der Waals surface area contributed by atoms with Crippen molar-refractivity contribution in [3.63, 3.8) is 0 Å². The number of carbonyl (C=O) groups is 1. The summed E-state index contributed by atoms with van der Waals surface area (Å²) in [7, 11) is 0. The molecular formula is C16H14F3N3O2. The van der Waals surface area contributed by atoms with Gasteiger partial charge in [0.05, 0.1) is 0 Å². The number of likely N-dealkylation sites (tertiary alicyclic amines) is 1. The lowest BCUT2D eigenvalue weighted by Gasteiger charge is -2.13. The van der Waals surface area contributed by atoms with Crippen molar-refractivity contribution in [3.05, 3.63) is 53.7 Å². The SMILES string of the molecule is O=C(/C=C\c1ccccc1)N1CC[C@@H](c2noc(C(F)(F)F)n2)C1. The summed E-state index contributed by atoms with van der Waals surface area (Å²) in [5.41, 5.74) is 0.898. The van der Waals surface area contributed by atoms with Gasteiger partial charge in [0.25, 0.3) is 0 Å². The van der Waals surface area contributed by atoms with Crippen molar-refractivity contribution in [1.82, 2.24) is 15.0 Å². The Morgan fingerprint density at radius 1 is 1.29 bits per heavy atom. The lowest BCUT2D eigenvalue weighted by Crippen LogP contribution is -2.26. The topological polar surface area (TPSA) is 59.2 Å². The van der Waals surface area contributed by atoms with E-state index in [0.717, 1.165) is 5.56 Å². The van der Waals surface area contributed by atoms with Crippen molar-refractivity contribution in [2.45, 2.75) is 18.5 Å². The average Bonchev–Trinajstić information content (AvgIpc) is 3.21. The van der Waals surface area contributed by atoms with Gasteiger partial charge in [-0.3, -0.25) is 4.79 Å². The van der Waals surface area contributed by atoms with Crippen LogP contribution in [0, 0.1) is 0 Å². The summed E-state index contributed by atoms with van der Waals surface area (Å²) < 4.78 is 41.7. The van der Waals surface area contributed by atoms with E-state index in [1.807, 2.05) is 30.3 Å². The molecule has 8 heteroatoms. The van der Waals surface area contributed by atoms with Crippen molar-refractivity contribution < 1.29 is 22.5 Å². The van der Waals surface area contributed by atoms with E-state index in [4.69, 9.17) is 0 Å². The summed E-state index contributed by atoms with van der Waals surface area (Å²) in [5.74, 6) is -1.91. The highest BCUT2D eigenvalue weighted by Crippen LogP contribution is 2.31. The van der Waals surface area contributed by atoms with Crippen LogP contribution in [0.3, 0.4) is 0 Å². The quantitative estimate of drug-likeness (QED) is 0.808. The highest BCUT2D eigenvalue weighted by atomic mass is 19.4. The highest BCUT2D eigenvalue weighted by molar-refractivity contribution is 5.92. The van der Waals surface area contributed by atoms with E-state index in [0.29, 0.717) is 13.0 Å². The molecular weight excluding hydrogens is 323 g/mol. The van der Waals surface area contributed by atoms with Gasteiger partial charge in [-0.2, -0.15) is 18.2 Å². The number of benzene rings is 1. The number of alkyl halides is 3. The summed E-state index contributed by atoms with van der Waals surface area (Å²) in [5, 5.41) is 3.39. The number of halogens is 3. The first-order valence-electron chi connectivity index (χ1n) is 7.36. The third-order valence-corrected chi connectivity index (χ3v) is 3.77. The van der Waals surface area contributed by atoms with E-state index in [9.17, 15) is 18.0 Å². The first-order valence-corrected chi connectivity index (χ1v) is 7.36. The van der Waals surface area contributed by atoms with Crippen molar-refractivity contribution in [1.29, 1.82) is 0 Å². The second-order valence-electron chi connectivity index (χ2n) is 5.47. The van der Waals surface area contributed by atoms with Crippen molar-refractivity contribution in [2.75, 3.05) is 13.1 Å². The number of rotatable bonds is 3. The molecule has 1 saturated heterocycles. The molecule has 1 aromatic carbocycles. The van der Waals surface area contributed by atoms with Crippen LogP contribution in [0.4, 0.5) is 13.2 Å². The maximum atomic E-state index is 12.5. The zero-order chi connectivity index (χ0) is 17.2. The molecule has 2 aromatic rings. The number of aromatic nitrogens is 2. The maximum absolute atomic E-state index is 12.5. The van der Waals surface area contributed by atoms with E-state index in [-0.39, 0.29) is 24.2 Å². The summed E-state index contributed by atoms with van der Waals surface area (Å²) in [6, 6.07) is 9.35. The zero-order valence-electron chi connectivity index (χ0n) is 12.5. The number of hydrogen-bond donors (Lipinski definition) is 0. The third-order valence-electron chi connectivity index (χ3n) is 3.77. The molecule has 1 aliphatic heterocycles. The summed E-state index contributed by atoms with van der Waals surface area (Å²) in [6.45, 7) is 0.716. The van der Waals surface area contributed by atoms with Crippen LogP contribution in [-0.2, 0) is 11.0 Å². The Hall–Kier alpha value is -2.64. The molecule has 126 valence electrons. The third kappa shape index (κ3) is 3.64. The monoisotopic (exact) mass is 337 g/mol. The second-order valence-corrected chi connectivity index (χ2v) is 5.47. The van der Waals surface area contributed by atoms with E-state index in [1.165, 1.54) is 6.08 Å². The van der Waals surface area contributed by atoms with Gasteiger partial charge in [0.15, 0.2) is 5.82 Å². The molecule has 3 rings (SSSR count). The predicted molar refractivity (Wildman–Crippen MR) is 78.7 cm³/mol. The second kappa shape index (κ2) is 6.46. The van der Waals surface area contributed by atoms with Crippen LogP contribution in [0.2, 0.25) is 0 Å². The van der Waals surface area contributed by atoms with Crippen LogP contribution in [0.5, 0.6) is 0 Å². The van der Waals surface area contributed by atoms with Crippen LogP contribution in [0.25, 0.3) is 6.08 Å². The van der Waals surface area contributed by atoms with Crippen molar-refractivity contribution >= 4 is 12.0 Å². The Bertz CT molecular complexity index is 741. The minimum atomic E-state index is -4.65. The summed E-state index contributed by atoms with van der Waals surface area (Å²) in [4.78, 5) is 17.1. The molecule has 0 bridgehead atoms. The number of nitrogens with zero attached hydrogens (tertiary/aromatic N) is 3. The van der Waals surface area contributed by atoms with Gasteiger partial charge in [-0.05, 0) is 18.1 Å². The highest BCUT2D eigenvalue weighted by Gasteiger charge is 2.40. The molecule has 2 heterocycles. The van der Waals surface area contributed by atoms with Gasteiger partial charge in [-0.1, -0.05) is 35.5 Å². The van der Waals surface area contributed by atoms with E-state index < -0.39 is 12.1 Å². The summed E-state index contributed by atoms with van der Waals surface area (Å²) in [6.07, 6.45) is -1.000. The molecule has 5 nitrogen and oxygen atoms in total. The predicted octanol–water partition coefficient (Wildman–Crippen LogP) is 3.12. The molecule has 1 fully saturated rings. The zero-order valence-corrected chi connectivity index (χ0v) is 12.5. The van der Waals surface area contributed by atoms with Gasteiger partial charge < -0.3 is 9.42 Å². The molecule has 1 amide bonds. The standard InChI is InChI=1S/C16H14F3N3O2/c17-16(18,19)15-20-14(21-24-15)12-8-9-22(10-12)13(23)7-6-11-4-2-1-3-5-11/h1-7,12H,8-10H2/b7-6-/t12-/m1/s1. The van der Waals surface area contributed by atoms with Gasteiger partial charge in [0.2, 0.25) is 5.91 Å². The first kappa shape index (κ1) is 16.2. The van der Waals surface area contributed by atoms with Crippen LogP contribution >= 0.6 is 0 Å². The van der Waals surface area contributed by atoms with E-state index in [1.54, 1.807) is 11.0 Å². The Morgan fingerprint density at radius 3 is 2.71 bits per heavy atom. The molecule has 0 aliphatic carbocycles. The molecule has 0 spiro atoms. The average molecular weight is 337 g/mol. The molecule has 0 saturated carbocycles. The van der Waals surface area contributed by atoms with Gasteiger partial charge in [0, 0.05) is 25.1 Å². The van der Waals surface area contributed by atoms with Crippen LogP contribution < -0.4 is 0 Å². The molecule has 1 atom stereocenters. The maximum Gasteiger partial charge on any atom is 0.471 e. The fraction of sp³-hybridized carbons (Fsp3) is 0.312. The molecule has 0 unspecified atom stereocenters. The fourth-order valence-electron chi connectivity index (χ4n) is 2.52. The molecule has 1 aromatic heterocycles. The van der Waals surface area contributed by atoms with Crippen molar-refractivity contribution in [3.8, 4) is 0 Å². The Kier molecular flexibility index (Phi) is 4.37. The normalized spacial score (nSPS) is 18.5. The van der Waals surface area contributed by atoms with Gasteiger partial charge >= 0.3 is 12.1 Å². The minimum absolute atomic E-state index is 0.00957. The van der Waals surface area contributed by atoms with Crippen LogP contribution in [0.1, 0.15) is 29.6 Å². The lowest BCUT2D eigenvalue weighted by atomic mass is 10.1. The summed E-state index contributed by atoms with van der Waals surface area (Å²) >= 11 is 0. The molecule has 1 aliphatic rings. The minimum Gasteiger partial charge on any atom is -0.338 e. The van der Waals surface area contributed by atoms with Gasteiger partial charge in [-0.15, -0.1) is 0 Å². The Morgan fingerprint density at radius 2 is 2.04 bits per heavy atom. The first-order chi connectivity index (χ1) is 11.4. The van der Waals surface area contributed by atoms with E-state index in [2.05, 4.69) is 14.7 Å². The van der Waals surface area contributed by atoms with E-state index >= 15 is 0 Å². The number of hydrogen-bond acceptors (Lipinski definition) is 4.